The molecule has 138 valence electrons. The Morgan fingerprint density at radius 1 is 1.26 bits per heavy atom. The van der Waals surface area contributed by atoms with Crippen LogP contribution in [-0.4, -0.2) is 35.5 Å². The van der Waals surface area contributed by atoms with E-state index in [1.54, 1.807) is 12.1 Å². The summed E-state index contributed by atoms with van der Waals surface area (Å²) in [6.45, 7) is 3.61. The van der Waals surface area contributed by atoms with Crippen molar-refractivity contribution in [2.24, 2.45) is 0 Å². The smallest absolute Gasteiger partial charge is 0.257 e. The van der Waals surface area contributed by atoms with Crippen LogP contribution in [0.5, 0.6) is 5.75 Å². The summed E-state index contributed by atoms with van der Waals surface area (Å²) in [6, 6.07) is 12.1. The maximum absolute atomic E-state index is 13.4. The fourth-order valence-corrected chi connectivity index (χ4v) is 3.56. The lowest BCUT2D eigenvalue weighted by atomic mass is 9.98. The van der Waals surface area contributed by atoms with Crippen molar-refractivity contribution in [2.45, 2.75) is 13.3 Å². The van der Waals surface area contributed by atoms with Crippen LogP contribution in [0.1, 0.15) is 29.3 Å². The highest BCUT2D eigenvalue weighted by molar-refractivity contribution is 5.98. The second-order valence-corrected chi connectivity index (χ2v) is 6.55. The first-order chi connectivity index (χ1) is 13.2. The van der Waals surface area contributed by atoms with E-state index in [1.807, 2.05) is 36.2 Å². The second-order valence-electron chi connectivity index (χ2n) is 6.55. The lowest BCUT2D eigenvalue weighted by Crippen LogP contribution is -2.34. The number of nitrogens with one attached hydrogen (secondary N) is 1. The molecule has 3 aromatic rings. The molecule has 0 saturated carbocycles. The van der Waals surface area contributed by atoms with Crippen LogP contribution >= 0.6 is 0 Å². The molecule has 0 bridgehead atoms. The molecule has 0 aliphatic carbocycles. The van der Waals surface area contributed by atoms with Gasteiger partial charge in [0.25, 0.3) is 5.91 Å². The largest absolute Gasteiger partial charge is 0.493 e. The molecule has 1 aliphatic heterocycles. The zero-order valence-corrected chi connectivity index (χ0v) is 15.2. The summed E-state index contributed by atoms with van der Waals surface area (Å²) in [4.78, 5) is 17.9. The molecule has 4 rings (SSSR count). The highest BCUT2D eigenvalue weighted by atomic mass is 19.1. The zero-order chi connectivity index (χ0) is 18.8. The van der Waals surface area contributed by atoms with Gasteiger partial charge in [-0.3, -0.25) is 4.79 Å². The third-order valence-electron chi connectivity index (χ3n) is 4.90. The maximum Gasteiger partial charge on any atom is 0.257 e. The van der Waals surface area contributed by atoms with Gasteiger partial charge in [0.15, 0.2) is 0 Å². The Bertz CT molecular complexity index is 1020. The molecule has 0 radical (unpaired) electrons. The summed E-state index contributed by atoms with van der Waals surface area (Å²) in [7, 11) is 0. The fraction of sp³-hybridized carbons (Fsp3) is 0.227. The number of aromatic nitrogens is 1. The summed E-state index contributed by atoms with van der Waals surface area (Å²) < 4.78 is 19.0. The van der Waals surface area contributed by atoms with Gasteiger partial charge in [0.05, 0.1) is 12.2 Å². The van der Waals surface area contributed by atoms with Crippen LogP contribution in [0.25, 0.3) is 16.5 Å². The number of nitrogens with zero attached hydrogens (tertiary/aromatic N) is 1. The van der Waals surface area contributed by atoms with E-state index < -0.39 is 0 Å². The van der Waals surface area contributed by atoms with Gasteiger partial charge in [-0.1, -0.05) is 18.2 Å². The van der Waals surface area contributed by atoms with Crippen molar-refractivity contribution < 1.29 is 13.9 Å². The second kappa shape index (κ2) is 7.27. The predicted molar refractivity (Wildman–Crippen MR) is 104 cm³/mol. The van der Waals surface area contributed by atoms with E-state index in [-0.39, 0.29) is 11.7 Å². The van der Waals surface area contributed by atoms with E-state index in [0.717, 1.165) is 22.9 Å². The number of rotatable bonds is 4. The van der Waals surface area contributed by atoms with E-state index in [0.29, 0.717) is 31.0 Å². The molecule has 5 heteroatoms. The molecule has 2 heterocycles. The number of benzene rings is 2. The first-order valence-corrected chi connectivity index (χ1v) is 9.14. The van der Waals surface area contributed by atoms with Crippen molar-refractivity contribution >= 4 is 22.4 Å². The topological polar surface area (TPSA) is 45.3 Å². The highest BCUT2D eigenvalue weighted by Gasteiger charge is 2.22. The van der Waals surface area contributed by atoms with Crippen molar-refractivity contribution in [1.82, 2.24) is 9.88 Å². The zero-order valence-electron chi connectivity index (χ0n) is 15.2. The number of aromatic amines is 1. The number of hydrogen-bond donors (Lipinski definition) is 1. The Hall–Kier alpha value is -3.08. The van der Waals surface area contributed by atoms with Gasteiger partial charge in [0.2, 0.25) is 0 Å². The lowest BCUT2D eigenvalue weighted by Gasteiger charge is -2.27. The molecular formula is C22H21FN2O2. The van der Waals surface area contributed by atoms with Crippen molar-refractivity contribution in [3.63, 3.8) is 0 Å². The van der Waals surface area contributed by atoms with Crippen molar-refractivity contribution in [2.75, 3.05) is 19.7 Å². The molecule has 1 N–H and O–H groups in total. The predicted octanol–water partition coefficient (Wildman–Crippen LogP) is 4.64. The monoisotopic (exact) mass is 364 g/mol. The van der Waals surface area contributed by atoms with Gasteiger partial charge in [-0.05, 0) is 49.2 Å². The number of halogens is 1. The normalized spacial score (nSPS) is 14.3. The number of carbonyl (C=O) groups excluding carboxylic acids is 1. The molecule has 2 aromatic carbocycles. The van der Waals surface area contributed by atoms with Crippen LogP contribution in [0.4, 0.5) is 4.39 Å². The van der Waals surface area contributed by atoms with Gasteiger partial charge in [-0.2, -0.15) is 0 Å². The van der Waals surface area contributed by atoms with Crippen molar-refractivity contribution in [1.29, 1.82) is 0 Å². The molecule has 0 spiro atoms. The maximum atomic E-state index is 13.4. The van der Waals surface area contributed by atoms with Gasteiger partial charge in [0.1, 0.15) is 11.6 Å². The van der Waals surface area contributed by atoms with E-state index in [4.69, 9.17) is 4.74 Å². The van der Waals surface area contributed by atoms with Gasteiger partial charge >= 0.3 is 0 Å². The number of fused-ring (bicyclic) bond motifs is 1. The summed E-state index contributed by atoms with van der Waals surface area (Å²) in [5.74, 6) is 0.354. The Morgan fingerprint density at radius 3 is 2.89 bits per heavy atom. The average Bonchev–Trinajstić information content (AvgIpc) is 3.11. The first-order valence-electron chi connectivity index (χ1n) is 9.14. The number of carbonyl (C=O) groups is 1. The van der Waals surface area contributed by atoms with Crippen LogP contribution in [0.3, 0.4) is 0 Å². The molecule has 1 amide bonds. The number of ether oxygens (including phenoxy) is 1. The molecule has 1 aromatic heterocycles. The number of hydrogen-bond acceptors (Lipinski definition) is 2. The van der Waals surface area contributed by atoms with Crippen LogP contribution < -0.4 is 4.74 Å². The average molecular weight is 364 g/mol. The SMILES string of the molecule is CCOc1ccccc1C(=O)N1CC=C(c2c[nH]c3cc(F)ccc23)CC1. The third-order valence-corrected chi connectivity index (χ3v) is 4.90. The minimum Gasteiger partial charge on any atom is -0.493 e. The molecule has 0 saturated heterocycles. The quantitative estimate of drug-likeness (QED) is 0.733. The van der Waals surface area contributed by atoms with E-state index in [2.05, 4.69) is 11.1 Å². The van der Waals surface area contributed by atoms with E-state index in [9.17, 15) is 9.18 Å². The minimum atomic E-state index is -0.252. The summed E-state index contributed by atoms with van der Waals surface area (Å²) in [5.41, 5.74) is 3.63. The summed E-state index contributed by atoms with van der Waals surface area (Å²) in [5, 5.41) is 1.00. The van der Waals surface area contributed by atoms with Crippen molar-refractivity contribution in [3.05, 3.63) is 71.7 Å². The van der Waals surface area contributed by atoms with Gasteiger partial charge in [0, 0.05) is 35.8 Å². The summed E-state index contributed by atoms with van der Waals surface area (Å²) in [6.07, 6.45) is 4.75. The van der Waals surface area contributed by atoms with Gasteiger partial charge in [-0.15, -0.1) is 0 Å². The number of amides is 1. The Labute approximate surface area is 157 Å². The van der Waals surface area contributed by atoms with Crippen molar-refractivity contribution in [3.8, 4) is 5.75 Å². The van der Waals surface area contributed by atoms with Crippen LogP contribution in [0.15, 0.2) is 54.7 Å². The molecular weight excluding hydrogens is 343 g/mol. The van der Waals surface area contributed by atoms with Crippen LogP contribution in [-0.2, 0) is 0 Å². The molecule has 4 nitrogen and oxygen atoms in total. The Morgan fingerprint density at radius 2 is 2.11 bits per heavy atom. The van der Waals surface area contributed by atoms with E-state index >= 15 is 0 Å². The number of H-pyrrole nitrogens is 1. The number of para-hydroxylation sites is 1. The molecule has 0 unspecified atom stereocenters. The Balaban J connectivity index is 1.55. The van der Waals surface area contributed by atoms with Crippen LogP contribution in [0, 0.1) is 5.82 Å². The van der Waals surface area contributed by atoms with Gasteiger partial charge in [-0.25, -0.2) is 4.39 Å². The van der Waals surface area contributed by atoms with Crippen LogP contribution in [0.2, 0.25) is 0 Å². The molecule has 1 aliphatic rings. The molecule has 27 heavy (non-hydrogen) atoms. The fourth-order valence-electron chi connectivity index (χ4n) is 3.56. The summed E-state index contributed by atoms with van der Waals surface area (Å²) >= 11 is 0. The standard InChI is InChI=1S/C22H21FN2O2/c1-2-27-21-6-4-3-5-18(21)22(26)25-11-9-15(10-12-25)19-14-24-20-13-16(23)7-8-17(19)20/h3-9,13-14,24H,2,10-12H2,1H3. The lowest BCUT2D eigenvalue weighted by molar-refractivity contribution is 0.0768. The Kier molecular flexibility index (Phi) is 4.67. The van der Waals surface area contributed by atoms with E-state index in [1.165, 1.54) is 17.7 Å². The van der Waals surface area contributed by atoms with Gasteiger partial charge < -0.3 is 14.6 Å². The highest BCUT2D eigenvalue weighted by Crippen LogP contribution is 2.30. The first kappa shape index (κ1) is 17.3. The molecule has 0 fully saturated rings. The molecule has 0 atom stereocenters. The minimum absolute atomic E-state index is 0.0182. The third kappa shape index (κ3) is 3.33.